The van der Waals surface area contributed by atoms with Crippen molar-refractivity contribution in [2.45, 2.75) is 46.1 Å². The van der Waals surface area contributed by atoms with Crippen molar-refractivity contribution >= 4 is 17.7 Å². The Hall–Kier alpha value is -2.08. The topological polar surface area (TPSA) is 76.7 Å². The first-order valence-corrected chi connectivity index (χ1v) is 7.23. The monoisotopic (exact) mass is 308 g/mol. The number of carbonyl (C=O) groups excluding carboxylic acids is 2. The number of ether oxygens (including phenoxy) is 1. The molecule has 2 amide bonds. The van der Waals surface area contributed by atoms with E-state index in [1.165, 1.54) is 0 Å². The third-order valence-corrected chi connectivity index (χ3v) is 2.54. The van der Waals surface area contributed by atoms with E-state index >= 15 is 0 Å². The van der Waals surface area contributed by atoms with Crippen LogP contribution in [0, 0.1) is 6.92 Å². The van der Waals surface area contributed by atoms with Crippen molar-refractivity contribution in [2.24, 2.45) is 0 Å². The number of aryl methyl sites for hydroxylation is 1. The van der Waals surface area contributed by atoms with Gasteiger partial charge in [0.25, 0.3) is 0 Å². The average Bonchev–Trinajstić information content (AvgIpc) is 2.39. The minimum Gasteiger partial charge on any atom is -0.442 e. The average molecular weight is 308 g/mol. The molecule has 0 aliphatic heterocycles. The van der Waals surface area contributed by atoms with Crippen molar-refractivity contribution < 1.29 is 19.2 Å². The molecule has 0 bridgehead atoms. The first-order chi connectivity index (χ1) is 10.3. The van der Waals surface area contributed by atoms with Crippen LogP contribution >= 0.6 is 0 Å². The summed E-state index contributed by atoms with van der Waals surface area (Å²) in [7, 11) is 0. The van der Waals surface area contributed by atoms with E-state index in [0.717, 1.165) is 11.3 Å². The molecule has 0 saturated carbocycles. The van der Waals surface area contributed by atoms with Gasteiger partial charge in [-0.15, -0.1) is 0 Å². The minimum atomic E-state index is -0.642. The SMILES string of the molecule is Cc1ccc(NC(=O)CCCONC(=O)OC(C)(C)C)cc1. The lowest BCUT2D eigenvalue weighted by atomic mass is 10.2. The summed E-state index contributed by atoms with van der Waals surface area (Å²) >= 11 is 0. The quantitative estimate of drug-likeness (QED) is 0.625. The molecule has 1 aromatic carbocycles. The maximum Gasteiger partial charge on any atom is 0.431 e. The molecule has 0 aromatic heterocycles. The highest BCUT2D eigenvalue weighted by atomic mass is 16.7. The van der Waals surface area contributed by atoms with Gasteiger partial charge in [0, 0.05) is 12.1 Å². The van der Waals surface area contributed by atoms with Crippen molar-refractivity contribution in [3.8, 4) is 0 Å². The second kappa shape index (κ2) is 8.38. The van der Waals surface area contributed by atoms with E-state index in [-0.39, 0.29) is 12.5 Å². The minimum absolute atomic E-state index is 0.0929. The smallest absolute Gasteiger partial charge is 0.431 e. The number of hydroxylamine groups is 1. The lowest BCUT2D eigenvalue weighted by Crippen LogP contribution is -2.32. The van der Waals surface area contributed by atoms with Crippen LogP contribution in [0.5, 0.6) is 0 Å². The fourth-order valence-electron chi connectivity index (χ4n) is 1.57. The van der Waals surface area contributed by atoms with Gasteiger partial charge in [-0.1, -0.05) is 17.7 Å². The van der Waals surface area contributed by atoms with E-state index < -0.39 is 11.7 Å². The van der Waals surface area contributed by atoms with Crippen LogP contribution in [0.25, 0.3) is 0 Å². The molecule has 1 rings (SSSR count). The summed E-state index contributed by atoms with van der Waals surface area (Å²) in [4.78, 5) is 27.9. The van der Waals surface area contributed by atoms with Crippen molar-refractivity contribution in [2.75, 3.05) is 11.9 Å². The van der Waals surface area contributed by atoms with Gasteiger partial charge >= 0.3 is 6.09 Å². The van der Waals surface area contributed by atoms with Gasteiger partial charge in [-0.05, 0) is 46.2 Å². The molecule has 6 nitrogen and oxygen atoms in total. The Morgan fingerprint density at radius 3 is 2.36 bits per heavy atom. The van der Waals surface area contributed by atoms with Crippen molar-refractivity contribution in [1.82, 2.24) is 5.48 Å². The van der Waals surface area contributed by atoms with E-state index in [9.17, 15) is 9.59 Å². The zero-order valence-electron chi connectivity index (χ0n) is 13.6. The van der Waals surface area contributed by atoms with Crippen LogP contribution in [0.15, 0.2) is 24.3 Å². The summed E-state index contributed by atoms with van der Waals surface area (Å²) in [5.41, 5.74) is 3.51. The predicted molar refractivity (Wildman–Crippen MR) is 84.4 cm³/mol. The predicted octanol–water partition coefficient (Wildman–Crippen LogP) is 3.17. The highest BCUT2D eigenvalue weighted by Gasteiger charge is 2.15. The van der Waals surface area contributed by atoms with E-state index in [1.54, 1.807) is 20.8 Å². The number of anilines is 1. The number of hydrogen-bond donors (Lipinski definition) is 2. The summed E-state index contributed by atoms with van der Waals surface area (Å²) in [6.07, 6.45) is 0.161. The summed E-state index contributed by atoms with van der Waals surface area (Å²) in [5, 5.41) is 2.79. The molecule has 0 saturated heterocycles. The zero-order valence-corrected chi connectivity index (χ0v) is 13.6. The highest BCUT2D eigenvalue weighted by molar-refractivity contribution is 5.90. The molecule has 122 valence electrons. The second-order valence-electron chi connectivity index (χ2n) is 5.97. The Balaban J connectivity index is 2.13. The lowest BCUT2D eigenvalue weighted by molar-refractivity contribution is -0.116. The number of rotatable bonds is 6. The van der Waals surface area contributed by atoms with Gasteiger partial charge < -0.3 is 10.1 Å². The van der Waals surface area contributed by atoms with E-state index in [4.69, 9.17) is 9.57 Å². The molecule has 0 spiro atoms. The largest absolute Gasteiger partial charge is 0.442 e. The van der Waals surface area contributed by atoms with E-state index in [2.05, 4.69) is 10.8 Å². The molecule has 0 aliphatic rings. The number of amides is 2. The van der Waals surface area contributed by atoms with Crippen LogP contribution in [0.3, 0.4) is 0 Å². The Labute approximate surface area is 131 Å². The van der Waals surface area contributed by atoms with Crippen LogP contribution in [0.2, 0.25) is 0 Å². The Bertz CT molecular complexity index is 492. The van der Waals surface area contributed by atoms with Crippen LogP contribution < -0.4 is 10.8 Å². The molecule has 6 heteroatoms. The first-order valence-electron chi connectivity index (χ1n) is 7.23. The Kier molecular flexibility index (Phi) is 6.85. The molecule has 1 aromatic rings. The van der Waals surface area contributed by atoms with Gasteiger partial charge in [-0.25, -0.2) is 4.79 Å². The van der Waals surface area contributed by atoms with Crippen LogP contribution in [-0.2, 0) is 14.4 Å². The standard InChI is InChI=1S/C16H24N2O4/c1-12-7-9-13(10-8-12)17-14(19)6-5-11-21-18-15(20)22-16(2,3)4/h7-10H,5-6,11H2,1-4H3,(H,17,19)(H,18,20). The lowest BCUT2D eigenvalue weighted by Gasteiger charge is -2.19. The number of benzene rings is 1. The summed E-state index contributed by atoms with van der Waals surface area (Å²) in [6.45, 7) is 7.52. The Morgan fingerprint density at radius 2 is 1.77 bits per heavy atom. The van der Waals surface area contributed by atoms with Gasteiger partial charge in [0.1, 0.15) is 5.60 Å². The number of nitrogens with one attached hydrogen (secondary N) is 2. The van der Waals surface area contributed by atoms with Gasteiger partial charge in [0.05, 0.1) is 6.61 Å². The molecular weight excluding hydrogens is 284 g/mol. The molecule has 22 heavy (non-hydrogen) atoms. The summed E-state index contributed by atoms with van der Waals surface area (Å²) in [6, 6.07) is 7.58. The van der Waals surface area contributed by atoms with Crippen molar-refractivity contribution in [3.05, 3.63) is 29.8 Å². The molecule has 0 radical (unpaired) electrons. The molecule has 0 atom stereocenters. The van der Waals surface area contributed by atoms with Crippen molar-refractivity contribution in [3.63, 3.8) is 0 Å². The Morgan fingerprint density at radius 1 is 1.14 bits per heavy atom. The third-order valence-electron chi connectivity index (χ3n) is 2.54. The normalized spacial score (nSPS) is 10.9. The fraction of sp³-hybridized carbons (Fsp3) is 0.500. The third kappa shape index (κ3) is 8.26. The number of carbonyl (C=O) groups is 2. The highest BCUT2D eigenvalue weighted by Crippen LogP contribution is 2.09. The van der Waals surface area contributed by atoms with Gasteiger partial charge in [0.15, 0.2) is 0 Å². The maximum absolute atomic E-state index is 11.7. The van der Waals surface area contributed by atoms with Crippen LogP contribution in [0.1, 0.15) is 39.2 Å². The molecule has 0 aliphatic carbocycles. The molecular formula is C16H24N2O4. The number of hydrogen-bond acceptors (Lipinski definition) is 4. The van der Waals surface area contributed by atoms with Gasteiger partial charge in [-0.2, -0.15) is 5.48 Å². The molecule has 0 fully saturated rings. The van der Waals surface area contributed by atoms with Gasteiger partial charge in [-0.3, -0.25) is 9.63 Å². The van der Waals surface area contributed by atoms with Crippen LogP contribution in [-0.4, -0.2) is 24.2 Å². The molecule has 0 heterocycles. The molecule has 2 N–H and O–H groups in total. The second-order valence-corrected chi connectivity index (χ2v) is 5.97. The zero-order chi connectivity index (χ0) is 16.6. The first kappa shape index (κ1) is 18.0. The van der Waals surface area contributed by atoms with Gasteiger partial charge in [0.2, 0.25) is 5.91 Å². The molecule has 0 unspecified atom stereocenters. The van der Waals surface area contributed by atoms with E-state index in [0.29, 0.717) is 12.8 Å². The van der Waals surface area contributed by atoms with Crippen LogP contribution in [0.4, 0.5) is 10.5 Å². The van der Waals surface area contributed by atoms with Crippen molar-refractivity contribution in [1.29, 1.82) is 0 Å². The summed E-state index contributed by atoms with van der Waals surface area (Å²) < 4.78 is 5.00. The fourth-order valence-corrected chi connectivity index (χ4v) is 1.57. The maximum atomic E-state index is 11.7. The summed E-state index contributed by atoms with van der Waals surface area (Å²) in [5.74, 6) is -0.0929. The van der Waals surface area contributed by atoms with E-state index in [1.807, 2.05) is 31.2 Å².